The van der Waals surface area contributed by atoms with E-state index < -0.39 is 0 Å². The molecule has 25 heavy (non-hydrogen) atoms. The zero-order valence-corrected chi connectivity index (χ0v) is 16.0. The van der Waals surface area contributed by atoms with Crippen LogP contribution < -0.4 is 0 Å². The van der Waals surface area contributed by atoms with Gasteiger partial charge in [0.1, 0.15) is 0 Å². The minimum Gasteiger partial charge on any atom is -0.291 e. The Morgan fingerprint density at radius 2 is 1.20 bits per heavy atom. The third-order valence-electron chi connectivity index (χ3n) is 3.10. The van der Waals surface area contributed by atoms with Gasteiger partial charge >= 0.3 is 0 Å². The monoisotopic (exact) mass is 387 g/mol. The molecular formula is C20H28CuN4. The van der Waals surface area contributed by atoms with Gasteiger partial charge < -0.3 is 0 Å². The number of nitrogens with zero attached hydrogens (tertiary/aromatic N) is 4. The average Bonchev–Trinajstić information content (AvgIpc) is 2.65. The summed E-state index contributed by atoms with van der Waals surface area (Å²) in [4.78, 5) is 16.7. The van der Waals surface area contributed by atoms with Gasteiger partial charge in [0.2, 0.25) is 0 Å². The van der Waals surface area contributed by atoms with Gasteiger partial charge in [-0.3, -0.25) is 20.0 Å². The summed E-state index contributed by atoms with van der Waals surface area (Å²) in [7, 11) is 0. The number of aromatic nitrogens is 2. The molecule has 5 heteroatoms. The van der Waals surface area contributed by atoms with Gasteiger partial charge in [-0.05, 0) is 37.1 Å². The van der Waals surface area contributed by atoms with E-state index in [0.29, 0.717) is 0 Å². The molecule has 0 aliphatic rings. The number of hydrogen-bond donors (Lipinski definition) is 0. The van der Waals surface area contributed by atoms with Crippen LogP contribution in [-0.4, -0.2) is 35.5 Å². The standard InChI is InChI=1S/2C10H14N2.Cu/c2*1-2-3-7-11-9-10-6-4-5-8-12-10;/h2*4-6,8-9H,2-3,7H2,1H3;. The van der Waals surface area contributed by atoms with Crippen LogP contribution in [0.5, 0.6) is 0 Å². The van der Waals surface area contributed by atoms with E-state index in [-0.39, 0.29) is 17.1 Å². The van der Waals surface area contributed by atoms with Crippen molar-refractivity contribution in [2.45, 2.75) is 39.5 Å². The van der Waals surface area contributed by atoms with E-state index in [4.69, 9.17) is 0 Å². The summed E-state index contributed by atoms with van der Waals surface area (Å²) in [5, 5.41) is 0. The molecule has 139 valence electrons. The molecule has 0 atom stereocenters. The van der Waals surface area contributed by atoms with Gasteiger partial charge in [0, 0.05) is 55.0 Å². The van der Waals surface area contributed by atoms with Crippen molar-refractivity contribution in [2.24, 2.45) is 9.98 Å². The second-order valence-electron chi connectivity index (χ2n) is 5.29. The van der Waals surface area contributed by atoms with Gasteiger partial charge in [-0.1, -0.05) is 38.8 Å². The Morgan fingerprint density at radius 1 is 0.760 bits per heavy atom. The zero-order valence-electron chi connectivity index (χ0n) is 15.1. The SMILES string of the molecule is CCCCN=Cc1ccccn1.CCCCN=Cc1ccccn1.[Cu]. The largest absolute Gasteiger partial charge is 0.291 e. The third-order valence-corrected chi connectivity index (χ3v) is 3.10. The Hall–Kier alpha value is -1.84. The maximum atomic E-state index is 4.24. The molecule has 0 fully saturated rings. The average molecular weight is 388 g/mol. The minimum atomic E-state index is 0. The Labute approximate surface area is 162 Å². The second-order valence-corrected chi connectivity index (χ2v) is 5.29. The van der Waals surface area contributed by atoms with Crippen molar-refractivity contribution >= 4 is 12.4 Å². The van der Waals surface area contributed by atoms with Crippen LogP contribution in [0.1, 0.15) is 50.9 Å². The van der Waals surface area contributed by atoms with Crippen molar-refractivity contribution in [1.82, 2.24) is 9.97 Å². The fraction of sp³-hybridized carbons (Fsp3) is 0.400. The molecule has 0 amide bonds. The van der Waals surface area contributed by atoms with Gasteiger partial charge in [0.25, 0.3) is 0 Å². The summed E-state index contributed by atoms with van der Waals surface area (Å²) in [6.45, 7) is 6.15. The maximum absolute atomic E-state index is 4.24. The van der Waals surface area contributed by atoms with Crippen LogP contribution in [0.3, 0.4) is 0 Å². The molecule has 2 aromatic heterocycles. The molecule has 0 spiro atoms. The summed E-state index contributed by atoms with van der Waals surface area (Å²) in [5.41, 5.74) is 1.88. The van der Waals surface area contributed by atoms with Crippen LogP contribution in [0.4, 0.5) is 0 Å². The van der Waals surface area contributed by atoms with Gasteiger partial charge in [-0.2, -0.15) is 0 Å². The zero-order chi connectivity index (χ0) is 17.3. The first-order valence-corrected chi connectivity index (χ1v) is 8.68. The van der Waals surface area contributed by atoms with Crippen molar-refractivity contribution < 1.29 is 17.1 Å². The third kappa shape index (κ3) is 13.2. The molecule has 2 aromatic rings. The maximum Gasteiger partial charge on any atom is 0.0807 e. The Kier molecular flexibility index (Phi) is 15.7. The molecule has 0 unspecified atom stereocenters. The molecule has 0 bridgehead atoms. The predicted molar refractivity (Wildman–Crippen MR) is 103 cm³/mol. The van der Waals surface area contributed by atoms with Crippen LogP contribution in [0, 0.1) is 0 Å². The molecular weight excluding hydrogens is 360 g/mol. The molecule has 0 saturated carbocycles. The van der Waals surface area contributed by atoms with Crippen molar-refractivity contribution in [2.75, 3.05) is 13.1 Å². The number of aliphatic imine (C=N–C) groups is 2. The quantitative estimate of drug-likeness (QED) is 0.377. The van der Waals surface area contributed by atoms with Crippen LogP contribution in [0.2, 0.25) is 0 Å². The van der Waals surface area contributed by atoms with Crippen molar-refractivity contribution in [3.63, 3.8) is 0 Å². The number of unbranched alkanes of at least 4 members (excludes halogenated alkanes) is 2. The molecule has 1 radical (unpaired) electrons. The second kappa shape index (κ2) is 17.0. The van der Waals surface area contributed by atoms with Gasteiger partial charge in [0.05, 0.1) is 11.4 Å². The fourth-order valence-corrected chi connectivity index (χ4v) is 1.72. The van der Waals surface area contributed by atoms with E-state index in [1.165, 1.54) is 12.8 Å². The first kappa shape index (κ1) is 23.2. The van der Waals surface area contributed by atoms with Gasteiger partial charge in [0.15, 0.2) is 0 Å². The summed E-state index contributed by atoms with van der Waals surface area (Å²) >= 11 is 0. The molecule has 0 N–H and O–H groups in total. The van der Waals surface area contributed by atoms with E-state index in [0.717, 1.165) is 37.3 Å². The molecule has 0 saturated heterocycles. The van der Waals surface area contributed by atoms with E-state index in [1.54, 1.807) is 12.4 Å². The first-order chi connectivity index (χ1) is 11.9. The summed E-state index contributed by atoms with van der Waals surface area (Å²) in [6.07, 6.45) is 11.9. The molecule has 2 rings (SSSR count). The summed E-state index contributed by atoms with van der Waals surface area (Å²) in [5.74, 6) is 0. The van der Waals surface area contributed by atoms with Gasteiger partial charge in [-0.25, -0.2) is 0 Å². The smallest absolute Gasteiger partial charge is 0.0807 e. The first-order valence-electron chi connectivity index (χ1n) is 8.68. The fourth-order valence-electron chi connectivity index (χ4n) is 1.72. The van der Waals surface area contributed by atoms with E-state index in [1.807, 2.05) is 48.8 Å². The Morgan fingerprint density at radius 3 is 1.52 bits per heavy atom. The molecule has 0 aromatic carbocycles. The van der Waals surface area contributed by atoms with Crippen molar-refractivity contribution in [1.29, 1.82) is 0 Å². The Bertz CT molecular complexity index is 517. The molecule has 0 aliphatic carbocycles. The Balaban J connectivity index is 0.000000443. The molecule has 2 heterocycles. The number of rotatable bonds is 8. The van der Waals surface area contributed by atoms with Crippen LogP contribution in [-0.2, 0) is 17.1 Å². The van der Waals surface area contributed by atoms with Crippen LogP contribution in [0.15, 0.2) is 58.8 Å². The predicted octanol–water partition coefficient (Wildman–Crippen LogP) is 4.60. The van der Waals surface area contributed by atoms with E-state index in [2.05, 4.69) is 33.8 Å². The van der Waals surface area contributed by atoms with Crippen LogP contribution >= 0.6 is 0 Å². The topological polar surface area (TPSA) is 50.5 Å². The minimum absolute atomic E-state index is 0. The summed E-state index contributed by atoms with van der Waals surface area (Å²) < 4.78 is 0. The molecule has 4 nitrogen and oxygen atoms in total. The number of hydrogen-bond acceptors (Lipinski definition) is 4. The summed E-state index contributed by atoms with van der Waals surface area (Å²) in [6, 6.07) is 11.7. The molecule has 0 aliphatic heterocycles. The van der Waals surface area contributed by atoms with Crippen molar-refractivity contribution in [3.8, 4) is 0 Å². The van der Waals surface area contributed by atoms with Crippen molar-refractivity contribution in [3.05, 3.63) is 60.2 Å². The van der Waals surface area contributed by atoms with E-state index in [9.17, 15) is 0 Å². The van der Waals surface area contributed by atoms with Gasteiger partial charge in [-0.15, -0.1) is 0 Å². The number of pyridine rings is 2. The van der Waals surface area contributed by atoms with E-state index >= 15 is 0 Å². The van der Waals surface area contributed by atoms with Crippen LogP contribution in [0.25, 0.3) is 0 Å². The normalized spacial score (nSPS) is 10.3.